The molecule has 16 heavy (non-hydrogen) atoms. The van der Waals surface area contributed by atoms with E-state index in [9.17, 15) is 22.3 Å². The van der Waals surface area contributed by atoms with Crippen molar-refractivity contribution in [2.45, 2.75) is 5.75 Å². The Kier molecular flexibility index (Phi) is 3.59. The standard InChI is InChI=1S/C8H7ClF2O4S/c1-15-6-2-5(10)7(11)4(8(6)12)3-16(9,13)14/h2,12H,3H2,1H3. The first-order chi connectivity index (χ1) is 7.26. The van der Waals surface area contributed by atoms with Crippen LogP contribution in [0.25, 0.3) is 0 Å². The van der Waals surface area contributed by atoms with E-state index in [0.717, 1.165) is 7.11 Å². The highest BCUT2D eigenvalue weighted by Gasteiger charge is 2.22. The molecule has 1 rings (SSSR count). The number of phenols is 1. The summed E-state index contributed by atoms with van der Waals surface area (Å²) < 4.78 is 52.2. The van der Waals surface area contributed by atoms with E-state index in [1.807, 2.05) is 0 Å². The number of phenolic OH excluding ortho intramolecular Hbond substituents is 1. The second-order valence-electron chi connectivity index (χ2n) is 2.88. The molecule has 0 spiro atoms. The predicted molar refractivity (Wildman–Crippen MR) is 53.1 cm³/mol. The summed E-state index contributed by atoms with van der Waals surface area (Å²) in [6.45, 7) is 0. The Morgan fingerprint density at radius 1 is 1.50 bits per heavy atom. The van der Waals surface area contributed by atoms with E-state index >= 15 is 0 Å². The molecule has 90 valence electrons. The molecule has 1 aromatic rings. The summed E-state index contributed by atoms with van der Waals surface area (Å²) in [6.07, 6.45) is 0. The minimum atomic E-state index is -4.11. The van der Waals surface area contributed by atoms with Crippen molar-refractivity contribution < 1.29 is 27.0 Å². The predicted octanol–water partition coefficient (Wildman–Crippen LogP) is 1.75. The second-order valence-corrected chi connectivity index (χ2v) is 5.66. The van der Waals surface area contributed by atoms with E-state index in [0.29, 0.717) is 6.07 Å². The average molecular weight is 273 g/mol. The Balaban J connectivity index is 3.42. The lowest BCUT2D eigenvalue weighted by molar-refractivity contribution is 0.360. The summed E-state index contributed by atoms with van der Waals surface area (Å²) in [6, 6.07) is 0.606. The molecule has 0 saturated carbocycles. The Labute approximate surface area is 94.8 Å². The van der Waals surface area contributed by atoms with Crippen LogP contribution in [0.2, 0.25) is 0 Å². The van der Waals surface area contributed by atoms with Gasteiger partial charge in [0.15, 0.2) is 23.1 Å². The summed E-state index contributed by atoms with van der Waals surface area (Å²) in [5, 5.41) is 9.40. The van der Waals surface area contributed by atoms with Gasteiger partial charge in [0.1, 0.15) is 0 Å². The minimum Gasteiger partial charge on any atom is -0.504 e. The Hall–Kier alpha value is -1.08. The fraction of sp³-hybridized carbons (Fsp3) is 0.250. The van der Waals surface area contributed by atoms with Gasteiger partial charge in [0.2, 0.25) is 9.05 Å². The van der Waals surface area contributed by atoms with Crippen molar-refractivity contribution in [2.24, 2.45) is 0 Å². The Morgan fingerprint density at radius 2 is 2.06 bits per heavy atom. The zero-order valence-corrected chi connectivity index (χ0v) is 9.57. The quantitative estimate of drug-likeness (QED) is 0.852. The van der Waals surface area contributed by atoms with Crippen LogP contribution in [0.5, 0.6) is 11.5 Å². The molecule has 0 radical (unpaired) electrons. The van der Waals surface area contributed by atoms with Gasteiger partial charge in [-0.2, -0.15) is 0 Å². The highest BCUT2D eigenvalue weighted by Crippen LogP contribution is 2.35. The molecule has 0 aliphatic rings. The molecule has 0 amide bonds. The number of aromatic hydroxyl groups is 1. The third-order valence-electron chi connectivity index (χ3n) is 1.79. The molecule has 1 aromatic carbocycles. The lowest BCUT2D eigenvalue weighted by Crippen LogP contribution is -2.02. The summed E-state index contributed by atoms with van der Waals surface area (Å²) in [5.74, 6) is -4.98. The number of hydrogen-bond acceptors (Lipinski definition) is 4. The largest absolute Gasteiger partial charge is 0.504 e. The first-order valence-electron chi connectivity index (χ1n) is 3.92. The molecule has 0 unspecified atom stereocenters. The third-order valence-corrected chi connectivity index (χ3v) is 2.75. The van der Waals surface area contributed by atoms with E-state index < -0.39 is 37.8 Å². The Bertz CT molecular complexity index is 515. The van der Waals surface area contributed by atoms with Crippen molar-refractivity contribution in [3.8, 4) is 11.5 Å². The molecule has 0 heterocycles. The lowest BCUT2D eigenvalue weighted by atomic mass is 10.2. The van der Waals surface area contributed by atoms with Gasteiger partial charge < -0.3 is 9.84 Å². The molecule has 0 aliphatic heterocycles. The molecule has 1 N–H and O–H groups in total. The highest BCUT2D eigenvalue weighted by atomic mass is 35.7. The van der Waals surface area contributed by atoms with Crippen molar-refractivity contribution in [2.75, 3.05) is 7.11 Å². The maximum absolute atomic E-state index is 13.2. The maximum atomic E-state index is 13.2. The van der Waals surface area contributed by atoms with E-state index in [2.05, 4.69) is 4.74 Å². The first kappa shape index (κ1) is 13.0. The van der Waals surface area contributed by atoms with Crippen molar-refractivity contribution >= 4 is 19.7 Å². The molecule has 8 heteroatoms. The van der Waals surface area contributed by atoms with Crippen LogP contribution in [0.4, 0.5) is 8.78 Å². The van der Waals surface area contributed by atoms with Gasteiger partial charge in [-0.25, -0.2) is 17.2 Å². The van der Waals surface area contributed by atoms with Gasteiger partial charge in [-0.3, -0.25) is 0 Å². The summed E-state index contributed by atoms with van der Waals surface area (Å²) in [4.78, 5) is 0. The molecule has 0 saturated heterocycles. The number of rotatable bonds is 3. The van der Waals surface area contributed by atoms with Crippen LogP contribution in [0, 0.1) is 11.6 Å². The Morgan fingerprint density at radius 3 is 2.50 bits per heavy atom. The van der Waals surface area contributed by atoms with Crippen molar-refractivity contribution in [1.29, 1.82) is 0 Å². The first-order valence-corrected chi connectivity index (χ1v) is 6.40. The molecule has 4 nitrogen and oxygen atoms in total. The van der Waals surface area contributed by atoms with Crippen molar-refractivity contribution in [3.05, 3.63) is 23.3 Å². The van der Waals surface area contributed by atoms with Crippen LogP contribution >= 0.6 is 10.7 Å². The highest BCUT2D eigenvalue weighted by molar-refractivity contribution is 8.13. The maximum Gasteiger partial charge on any atom is 0.237 e. The van der Waals surface area contributed by atoms with E-state index in [1.165, 1.54) is 0 Å². The minimum absolute atomic E-state index is 0.366. The van der Waals surface area contributed by atoms with Gasteiger partial charge in [0, 0.05) is 16.7 Å². The normalized spacial score (nSPS) is 11.5. The van der Waals surface area contributed by atoms with Gasteiger partial charge in [-0.05, 0) is 0 Å². The van der Waals surface area contributed by atoms with Crippen LogP contribution in [0.3, 0.4) is 0 Å². The fourth-order valence-electron chi connectivity index (χ4n) is 1.10. The molecule has 0 aliphatic carbocycles. The van der Waals surface area contributed by atoms with Gasteiger partial charge in [0.05, 0.1) is 18.4 Å². The SMILES string of the molecule is COc1cc(F)c(F)c(CS(=O)(=O)Cl)c1O. The van der Waals surface area contributed by atoms with E-state index in [1.54, 1.807) is 0 Å². The van der Waals surface area contributed by atoms with Crippen LogP contribution in [-0.2, 0) is 14.8 Å². The number of ether oxygens (including phenoxy) is 1. The number of hydrogen-bond donors (Lipinski definition) is 1. The van der Waals surface area contributed by atoms with Crippen LogP contribution in [0.15, 0.2) is 6.07 Å². The molecule has 0 aromatic heterocycles. The average Bonchev–Trinajstić information content (AvgIpc) is 2.17. The molecular weight excluding hydrogens is 266 g/mol. The zero-order chi connectivity index (χ0) is 12.5. The van der Waals surface area contributed by atoms with Crippen molar-refractivity contribution in [3.63, 3.8) is 0 Å². The number of halogens is 3. The molecular formula is C8H7ClF2O4S. The molecule has 0 atom stereocenters. The summed E-state index contributed by atoms with van der Waals surface area (Å²) in [5.41, 5.74) is -0.758. The molecule has 0 fully saturated rings. The molecule has 0 bridgehead atoms. The third kappa shape index (κ3) is 2.73. The van der Waals surface area contributed by atoms with Crippen LogP contribution in [0.1, 0.15) is 5.56 Å². The lowest BCUT2D eigenvalue weighted by Gasteiger charge is -2.09. The van der Waals surface area contributed by atoms with E-state index in [4.69, 9.17) is 10.7 Å². The van der Waals surface area contributed by atoms with E-state index in [-0.39, 0.29) is 5.75 Å². The van der Waals surface area contributed by atoms with Crippen molar-refractivity contribution in [1.82, 2.24) is 0 Å². The monoisotopic (exact) mass is 272 g/mol. The van der Waals surface area contributed by atoms with Crippen LogP contribution in [-0.4, -0.2) is 20.6 Å². The smallest absolute Gasteiger partial charge is 0.237 e. The van der Waals surface area contributed by atoms with Gasteiger partial charge in [0.25, 0.3) is 0 Å². The number of benzene rings is 1. The fourth-order valence-corrected chi connectivity index (χ4v) is 2.04. The van der Waals surface area contributed by atoms with Crippen LogP contribution < -0.4 is 4.74 Å². The topological polar surface area (TPSA) is 63.6 Å². The summed E-state index contributed by atoms with van der Waals surface area (Å²) >= 11 is 0. The van der Waals surface area contributed by atoms with Gasteiger partial charge in [-0.1, -0.05) is 0 Å². The number of methoxy groups -OCH3 is 1. The van der Waals surface area contributed by atoms with Gasteiger partial charge >= 0.3 is 0 Å². The zero-order valence-electron chi connectivity index (χ0n) is 8.00. The van der Waals surface area contributed by atoms with Gasteiger partial charge in [-0.15, -0.1) is 0 Å². The summed E-state index contributed by atoms with van der Waals surface area (Å²) in [7, 11) is 1.89. The second kappa shape index (κ2) is 4.42.